The fourth-order valence-corrected chi connectivity index (χ4v) is 4.64. The van der Waals surface area contributed by atoms with Crippen LogP contribution in [0.3, 0.4) is 0 Å². The van der Waals surface area contributed by atoms with Crippen molar-refractivity contribution in [2.45, 2.75) is 4.21 Å². The number of nitrogens with zero attached hydrogens (tertiary/aromatic N) is 3. The molecule has 0 bridgehead atoms. The number of anilines is 1. The highest BCUT2D eigenvalue weighted by Crippen LogP contribution is 2.39. The van der Waals surface area contributed by atoms with Gasteiger partial charge in [-0.15, -0.1) is 11.3 Å². The van der Waals surface area contributed by atoms with E-state index in [0.717, 1.165) is 22.3 Å². The van der Waals surface area contributed by atoms with Crippen LogP contribution in [0.2, 0.25) is 0 Å². The monoisotopic (exact) mass is 475 g/mol. The summed E-state index contributed by atoms with van der Waals surface area (Å²) in [6, 6.07) is 7.71. The van der Waals surface area contributed by atoms with Crippen molar-refractivity contribution in [1.29, 1.82) is 0 Å². The highest BCUT2D eigenvalue weighted by atomic mass is 79.9. The van der Waals surface area contributed by atoms with Crippen molar-refractivity contribution in [3.63, 3.8) is 0 Å². The summed E-state index contributed by atoms with van der Waals surface area (Å²) in [5, 5.41) is 15.2. The van der Waals surface area contributed by atoms with Crippen molar-refractivity contribution in [1.82, 2.24) is 9.03 Å². The number of nitrogens with one attached hydrogen (secondary N) is 2. The minimum Gasteiger partial charge on any atom is -0.504 e. The average Bonchev–Trinajstić information content (AvgIpc) is 2.98. The molecule has 0 amide bonds. The molecule has 1 heterocycles. The Labute approximate surface area is 171 Å². The minimum atomic E-state index is -1.43. The first kappa shape index (κ1) is 20.9. The molecule has 1 aromatic heterocycles. The third-order valence-corrected chi connectivity index (χ3v) is 6.79. The number of thiophene rings is 1. The third-order valence-electron chi connectivity index (χ3n) is 3.01. The van der Waals surface area contributed by atoms with E-state index in [1.807, 2.05) is 24.3 Å². The van der Waals surface area contributed by atoms with Gasteiger partial charge in [-0.25, -0.2) is 17.9 Å². The molecule has 0 saturated heterocycles. The maximum atomic E-state index is 12.2. The molecule has 1 unspecified atom stereocenters. The van der Waals surface area contributed by atoms with E-state index in [-0.39, 0.29) is 5.75 Å². The van der Waals surface area contributed by atoms with Gasteiger partial charge in [0.2, 0.25) is 0 Å². The Balaban J connectivity index is 2.22. The van der Waals surface area contributed by atoms with Gasteiger partial charge >= 0.3 is 0 Å². The summed E-state index contributed by atoms with van der Waals surface area (Å²) in [4.78, 5) is 4.43. The van der Waals surface area contributed by atoms with E-state index in [4.69, 9.17) is 0 Å². The Kier molecular flexibility index (Phi) is 8.10. The van der Waals surface area contributed by atoms with Crippen LogP contribution in [0.4, 0.5) is 11.4 Å². The average molecular weight is 476 g/mol. The van der Waals surface area contributed by atoms with Gasteiger partial charge in [0.05, 0.1) is 18.7 Å². The second-order valence-corrected chi connectivity index (χ2v) is 9.31. The number of hydrogen-bond acceptors (Lipinski definition) is 7. The zero-order chi connectivity index (χ0) is 19.1. The number of benzene rings is 1. The maximum Gasteiger partial charge on any atom is 0.170 e. The number of hydrogen-bond donors (Lipinski definition) is 3. The molecule has 3 N–H and O–H groups in total. The summed E-state index contributed by atoms with van der Waals surface area (Å²) in [5.74, 6) is 0.451. The molecule has 140 valence electrons. The summed E-state index contributed by atoms with van der Waals surface area (Å²) in [6.07, 6.45) is 0. The number of aliphatic imine (C=N–C) groups is 1. The lowest BCUT2D eigenvalue weighted by Crippen LogP contribution is -2.24. The summed E-state index contributed by atoms with van der Waals surface area (Å²) < 4.78 is 21.6. The molecular formula is C15H18BrN5O2S3. The molecule has 0 saturated carbocycles. The van der Waals surface area contributed by atoms with Crippen LogP contribution in [-0.4, -0.2) is 46.8 Å². The van der Waals surface area contributed by atoms with Crippen LogP contribution >= 0.6 is 39.4 Å². The van der Waals surface area contributed by atoms with Crippen molar-refractivity contribution < 1.29 is 9.32 Å². The molecule has 0 radical (unpaired) electrons. The molecule has 7 nitrogen and oxygen atoms in total. The fourth-order valence-electron chi connectivity index (χ4n) is 1.81. The van der Waals surface area contributed by atoms with E-state index in [1.54, 1.807) is 19.5 Å². The SMILES string of the molecule is C=NSNC(CNc1ccccc1Br)=Nc1csc(S(=O)N(C)C)c1O. The smallest absolute Gasteiger partial charge is 0.170 e. The standard InChI is InChI=1S/C15H18BrN5O2S3/c1-17-25-20-13(8-18-11-7-5-4-6-10(11)16)19-12-9-24-15(14(12)22)26(23)21(2)3/h4-7,9,18,22H,1,8H2,2-3H3,(H,19,20). The van der Waals surface area contributed by atoms with Crippen LogP contribution in [0.15, 0.2) is 47.7 Å². The van der Waals surface area contributed by atoms with E-state index in [0.29, 0.717) is 22.3 Å². The van der Waals surface area contributed by atoms with E-state index < -0.39 is 11.0 Å². The molecule has 0 fully saturated rings. The second-order valence-electron chi connectivity index (χ2n) is 5.03. The van der Waals surface area contributed by atoms with Gasteiger partial charge in [-0.05, 0) is 42.2 Å². The molecule has 2 aromatic rings. The molecule has 1 aromatic carbocycles. The predicted molar refractivity (Wildman–Crippen MR) is 116 cm³/mol. The minimum absolute atomic E-state index is 0.0845. The zero-order valence-corrected chi connectivity index (χ0v) is 18.1. The van der Waals surface area contributed by atoms with Gasteiger partial charge < -0.3 is 10.4 Å². The van der Waals surface area contributed by atoms with E-state index in [1.165, 1.54) is 15.6 Å². The summed E-state index contributed by atoms with van der Waals surface area (Å²) in [5.41, 5.74) is 1.25. The molecule has 0 spiro atoms. The molecular weight excluding hydrogens is 458 g/mol. The van der Waals surface area contributed by atoms with Crippen molar-refractivity contribution in [3.8, 4) is 5.75 Å². The maximum absolute atomic E-state index is 12.2. The lowest BCUT2D eigenvalue weighted by Gasteiger charge is -2.11. The van der Waals surface area contributed by atoms with Crippen LogP contribution in [0.5, 0.6) is 5.75 Å². The quantitative estimate of drug-likeness (QED) is 0.307. The Morgan fingerprint density at radius 3 is 2.85 bits per heavy atom. The number of rotatable bonds is 8. The first-order valence-electron chi connectivity index (χ1n) is 7.27. The van der Waals surface area contributed by atoms with E-state index >= 15 is 0 Å². The van der Waals surface area contributed by atoms with Crippen molar-refractivity contribution >= 4 is 74.3 Å². The van der Waals surface area contributed by atoms with Crippen LogP contribution in [0, 0.1) is 0 Å². The highest BCUT2D eigenvalue weighted by molar-refractivity contribution is 9.10. The topological polar surface area (TPSA) is 89.3 Å². The van der Waals surface area contributed by atoms with Crippen LogP contribution in [-0.2, 0) is 11.0 Å². The van der Waals surface area contributed by atoms with Gasteiger partial charge in [0.15, 0.2) is 9.96 Å². The van der Waals surface area contributed by atoms with Crippen LogP contribution in [0.1, 0.15) is 0 Å². The summed E-state index contributed by atoms with van der Waals surface area (Å²) >= 11 is 5.71. The van der Waals surface area contributed by atoms with Crippen molar-refractivity contribution in [2.24, 2.45) is 9.39 Å². The molecule has 0 aliphatic heterocycles. The second kappa shape index (κ2) is 10.1. The molecule has 11 heteroatoms. The molecule has 0 aliphatic carbocycles. The molecule has 0 aliphatic rings. The van der Waals surface area contributed by atoms with Gasteiger partial charge in [0, 0.05) is 22.3 Å². The third kappa shape index (κ3) is 5.55. The van der Waals surface area contributed by atoms with Gasteiger partial charge in [0.1, 0.15) is 22.5 Å². The zero-order valence-electron chi connectivity index (χ0n) is 14.1. The normalized spacial score (nSPS) is 12.8. The number of aromatic hydroxyl groups is 1. The number of halogens is 1. The Morgan fingerprint density at radius 2 is 2.19 bits per heavy atom. The summed E-state index contributed by atoms with van der Waals surface area (Å²) in [6.45, 7) is 3.78. The lowest BCUT2D eigenvalue weighted by molar-refractivity contribution is 0.465. The summed E-state index contributed by atoms with van der Waals surface area (Å²) in [7, 11) is 1.93. The largest absolute Gasteiger partial charge is 0.504 e. The first-order chi connectivity index (χ1) is 12.4. The van der Waals surface area contributed by atoms with Gasteiger partial charge in [-0.2, -0.15) is 0 Å². The molecule has 1 atom stereocenters. The number of amidine groups is 1. The van der Waals surface area contributed by atoms with E-state index in [2.05, 4.69) is 42.1 Å². The molecule has 26 heavy (non-hydrogen) atoms. The Hall–Kier alpha value is -1.40. The van der Waals surface area contributed by atoms with Gasteiger partial charge in [0.25, 0.3) is 0 Å². The van der Waals surface area contributed by atoms with Gasteiger partial charge in [-0.3, -0.25) is 4.72 Å². The van der Waals surface area contributed by atoms with Gasteiger partial charge in [-0.1, -0.05) is 12.1 Å². The van der Waals surface area contributed by atoms with Crippen LogP contribution < -0.4 is 10.0 Å². The molecule has 2 rings (SSSR count). The first-order valence-corrected chi connectivity index (χ1v) is 10.8. The van der Waals surface area contributed by atoms with Crippen LogP contribution in [0.25, 0.3) is 0 Å². The number of para-hydroxylation sites is 1. The fraction of sp³-hybridized carbons (Fsp3) is 0.200. The van der Waals surface area contributed by atoms with E-state index in [9.17, 15) is 9.32 Å². The predicted octanol–water partition coefficient (Wildman–Crippen LogP) is 3.80. The van der Waals surface area contributed by atoms with Crippen molar-refractivity contribution in [3.05, 3.63) is 34.1 Å². The Morgan fingerprint density at radius 1 is 1.46 bits per heavy atom. The van der Waals surface area contributed by atoms with Crippen molar-refractivity contribution in [2.75, 3.05) is 26.0 Å². The highest BCUT2D eigenvalue weighted by Gasteiger charge is 2.18. The lowest BCUT2D eigenvalue weighted by atomic mass is 10.3. The Bertz CT molecular complexity index is 825.